The Morgan fingerprint density at radius 2 is 2.05 bits per heavy atom. The summed E-state index contributed by atoms with van der Waals surface area (Å²) in [5, 5.41) is 2.85. The minimum absolute atomic E-state index is 0. The average Bonchev–Trinajstić information content (AvgIpc) is 2.32. The minimum atomic E-state index is -0.614. The van der Waals surface area contributed by atoms with Crippen molar-refractivity contribution in [3.8, 4) is 0 Å². The van der Waals surface area contributed by atoms with Gasteiger partial charge in [0.25, 0.3) is 0 Å². The Kier molecular flexibility index (Phi) is 6.46. The van der Waals surface area contributed by atoms with Crippen molar-refractivity contribution in [3.63, 3.8) is 0 Å². The highest BCUT2D eigenvalue weighted by Crippen LogP contribution is 2.19. The van der Waals surface area contributed by atoms with E-state index in [9.17, 15) is 9.18 Å². The van der Waals surface area contributed by atoms with Crippen LogP contribution in [0.4, 0.5) is 4.39 Å². The number of carbonyl (C=O) groups excluding carboxylic acids is 1. The average molecular weight is 289 g/mol. The first-order chi connectivity index (χ1) is 8.27. The lowest BCUT2D eigenvalue weighted by Gasteiger charge is -2.24. The zero-order valence-electron chi connectivity index (χ0n) is 11.8. The first kappa shape index (κ1) is 17.9. The van der Waals surface area contributed by atoms with E-state index in [0.29, 0.717) is 5.56 Å². The molecule has 0 aliphatic carbocycles. The zero-order valence-corrected chi connectivity index (χ0v) is 12.6. The second-order valence-electron chi connectivity index (χ2n) is 5.29. The van der Waals surface area contributed by atoms with Crippen LogP contribution in [0.3, 0.4) is 0 Å². The van der Waals surface area contributed by atoms with Gasteiger partial charge in [-0.25, -0.2) is 4.39 Å². The number of hydrogen-bond donors (Lipinski definition) is 2. The standard InChI is InChI=1S/C14H21FN2O.ClH/c1-9-5-6-11(7-12(9)15)10(2)17-13(18)14(3,4)8-16;/h5-7,10H,8,16H2,1-4H3,(H,17,18);1H. The Morgan fingerprint density at radius 3 is 2.53 bits per heavy atom. The lowest BCUT2D eigenvalue weighted by molar-refractivity contribution is -0.129. The summed E-state index contributed by atoms with van der Waals surface area (Å²) in [6, 6.07) is 4.74. The van der Waals surface area contributed by atoms with Gasteiger partial charge >= 0.3 is 0 Å². The maximum Gasteiger partial charge on any atom is 0.227 e. The van der Waals surface area contributed by atoms with Crippen LogP contribution in [-0.4, -0.2) is 12.5 Å². The molecule has 0 fully saturated rings. The van der Waals surface area contributed by atoms with Crippen LogP contribution in [-0.2, 0) is 4.79 Å². The minimum Gasteiger partial charge on any atom is -0.349 e. The van der Waals surface area contributed by atoms with E-state index in [-0.39, 0.29) is 36.7 Å². The largest absolute Gasteiger partial charge is 0.349 e. The van der Waals surface area contributed by atoms with Gasteiger partial charge in [0.15, 0.2) is 0 Å². The van der Waals surface area contributed by atoms with Crippen LogP contribution in [0.5, 0.6) is 0 Å². The number of nitrogens with one attached hydrogen (secondary N) is 1. The summed E-state index contributed by atoms with van der Waals surface area (Å²) in [7, 11) is 0. The molecular formula is C14H22ClFN2O. The van der Waals surface area contributed by atoms with E-state index in [1.165, 1.54) is 6.07 Å². The number of amides is 1. The molecule has 1 atom stereocenters. The van der Waals surface area contributed by atoms with E-state index in [1.54, 1.807) is 26.8 Å². The third kappa shape index (κ3) is 4.48. The van der Waals surface area contributed by atoms with Gasteiger partial charge in [-0.05, 0) is 44.9 Å². The van der Waals surface area contributed by atoms with Gasteiger partial charge in [-0.15, -0.1) is 12.4 Å². The predicted molar refractivity (Wildman–Crippen MR) is 77.8 cm³/mol. The molecule has 3 N–H and O–H groups in total. The van der Waals surface area contributed by atoms with Crippen molar-refractivity contribution in [2.45, 2.75) is 33.7 Å². The Balaban J connectivity index is 0.00000324. The van der Waals surface area contributed by atoms with Gasteiger partial charge in [0.05, 0.1) is 11.5 Å². The summed E-state index contributed by atoms with van der Waals surface area (Å²) >= 11 is 0. The van der Waals surface area contributed by atoms with Crippen LogP contribution in [0.15, 0.2) is 18.2 Å². The highest BCUT2D eigenvalue weighted by atomic mass is 35.5. The van der Waals surface area contributed by atoms with Crippen molar-refractivity contribution in [2.24, 2.45) is 11.1 Å². The molecule has 5 heteroatoms. The van der Waals surface area contributed by atoms with E-state index in [0.717, 1.165) is 5.56 Å². The monoisotopic (exact) mass is 288 g/mol. The molecule has 0 aliphatic heterocycles. The summed E-state index contributed by atoms with van der Waals surface area (Å²) in [5.41, 5.74) is 6.28. The van der Waals surface area contributed by atoms with Crippen LogP contribution in [0.1, 0.15) is 37.9 Å². The van der Waals surface area contributed by atoms with Crippen molar-refractivity contribution in [3.05, 3.63) is 35.1 Å². The number of halogens is 2. The quantitative estimate of drug-likeness (QED) is 0.895. The van der Waals surface area contributed by atoms with E-state index in [2.05, 4.69) is 5.32 Å². The fourth-order valence-corrected chi connectivity index (χ4v) is 1.45. The van der Waals surface area contributed by atoms with Gasteiger partial charge < -0.3 is 11.1 Å². The summed E-state index contributed by atoms with van der Waals surface area (Å²) in [4.78, 5) is 11.9. The molecule has 0 spiro atoms. The number of benzene rings is 1. The lowest BCUT2D eigenvalue weighted by atomic mass is 9.92. The molecule has 0 saturated heterocycles. The first-order valence-corrected chi connectivity index (χ1v) is 6.05. The van der Waals surface area contributed by atoms with Crippen LogP contribution < -0.4 is 11.1 Å². The number of aryl methyl sites for hydroxylation is 1. The van der Waals surface area contributed by atoms with Gasteiger partial charge in [-0.2, -0.15) is 0 Å². The molecule has 108 valence electrons. The molecular weight excluding hydrogens is 267 g/mol. The Bertz CT molecular complexity index is 449. The summed E-state index contributed by atoms with van der Waals surface area (Å²) in [5.74, 6) is -0.384. The predicted octanol–water partition coefficient (Wildman–Crippen LogP) is 2.72. The lowest BCUT2D eigenvalue weighted by Crippen LogP contribution is -2.42. The second-order valence-corrected chi connectivity index (χ2v) is 5.29. The summed E-state index contributed by atoms with van der Waals surface area (Å²) < 4.78 is 13.4. The van der Waals surface area contributed by atoms with Crippen LogP contribution in [0.2, 0.25) is 0 Å². The van der Waals surface area contributed by atoms with Crippen LogP contribution in [0, 0.1) is 18.2 Å². The summed E-state index contributed by atoms with van der Waals surface area (Å²) in [6.07, 6.45) is 0. The molecule has 0 bridgehead atoms. The van der Waals surface area contributed by atoms with Gasteiger partial charge in [-0.1, -0.05) is 12.1 Å². The molecule has 1 unspecified atom stereocenters. The fraction of sp³-hybridized carbons (Fsp3) is 0.500. The second kappa shape index (κ2) is 6.87. The number of hydrogen-bond acceptors (Lipinski definition) is 2. The van der Waals surface area contributed by atoms with Crippen molar-refractivity contribution >= 4 is 18.3 Å². The number of carbonyl (C=O) groups is 1. The van der Waals surface area contributed by atoms with Crippen molar-refractivity contribution in [1.29, 1.82) is 0 Å². The molecule has 1 rings (SSSR count). The maximum absolute atomic E-state index is 13.4. The van der Waals surface area contributed by atoms with Gasteiger partial charge in [0, 0.05) is 6.54 Å². The molecule has 0 aliphatic rings. The van der Waals surface area contributed by atoms with E-state index < -0.39 is 5.41 Å². The molecule has 1 aromatic carbocycles. The highest BCUT2D eigenvalue weighted by Gasteiger charge is 2.27. The topological polar surface area (TPSA) is 55.1 Å². The number of rotatable bonds is 4. The van der Waals surface area contributed by atoms with Gasteiger partial charge in [0.1, 0.15) is 5.82 Å². The van der Waals surface area contributed by atoms with Crippen molar-refractivity contribution in [1.82, 2.24) is 5.32 Å². The van der Waals surface area contributed by atoms with Crippen molar-refractivity contribution < 1.29 is 9.18 Å². The molecule has 3 nitrogen and oxygen atoms in total. The van der Waals surface area contributed by atoms with Gasteiger partial charge in [-0.3, -0.25) is 4.79 Å². The molecule has 19 heavy (non-hydrogen) atoms. The Hall–Kier alpha value is -1.13. The van der Waals surface area contributed by atoms with Crippen LogP contribution >= 0.6 is 12.4 Å². The van der Waals surface area contributed by atoms with E-state index >= 15 is 0 Å². The fourth-order valence-electron chi connectivity index (χ4n) is 1.45. The molecule has 0 aromatic heterocycles. The van der Waals surface area contributed by atoms with E-state index in [1.807, 2.05) is 13.0 Å². The third-order valence-electron chi connectivity index (χ3n) is 3.17. The number of nitrogens with two attached hydrogens (primary N) is 1. The Labute approximate surface area is 120 Å². The van der Waals surface area contributed by atoms with E-state index in [4.69, 9.17) is 5.73 Å². The SMILES string of the molecule is Cc1ccc(C(C)NC(=O)C(C)(C)CN)cc1F.Cl. The molecule has 0 heterocycles. The van der Waals surface area contributed by atoms with Gasteiger partial charge in [0.2, 0.25) is 5.91 Å². The summed E-state index contributed by atoms with van der Waals surface area (Å²) in [6.45, 7) is 7.37. The molecule has 1 aromatic rings. The molecule has 0 saturated carbocycles. The molecule has 0 radical (unpaired) electrons. The first-order valence-electron chi connectivity index (χ1n) is 6.05. The van der Waals surface area contributed by atoms with Crippen LogP contribution in [0.25, 0.3) is 0 Å². The third-order valence-corrected chi connectivity index (χ3v) is 3.17. The normalized spacial score (nSPS) is 12.5. The smallest absolute Gasteiger partial charge is 0.227 e. The highest BCUT2D eigenvalue weighted by molar-refractivity contribution is 5.85. The zero-order chi connectivity index (χ0) is 13.9. The Morgan fingerprint density at radius 1 is 1.47 bits per heavy atom. The molecule has 1 amide bonds. The van der Waals surface area contributed by atoms with Crippen molar-refractivity contribution in [2.75, 3.05) is 6.54 Å². The maximum atomic E-state index is 13.4.